The van der Waals surface area contributed by atoms with Gasteiger partial charge < -0.3 is 9.64 Å². The normalized spacial score (nSPS) is 29.1. The molecule has 1 saturated heterocycles. The highest BCUT2D eigenvalue weighted by atomic mass is 32.2. The molecule has 174 valence electrons. The quantitative estimate of drug-likeness (QED) is 0.681. The molecule has 1 aliphatic carbocycles. The highest BCUT2D eigenvalue weighted by Gasteiger charge is 2.42. The minimum absolute atomic E-state index is 0.155. The first kappa shape index (κ1) is 23.2. The van der Waals surface area contributed by atoms with Gasteiger partial charge in [0.25, 0.3) is 0 Å². The Hall–Kier alpha value is -1.96. The van der Waals surface area contributed by atoms with Gasteiger partial charge in [0.1, 0.15) is 5.82 Å². The van der Waals surface area contributed by atoms with E-state index in [-0.39, 0.29) is 17.6 Å². The number of anilines is 1. The van der Waals surface area contributed by atoms with Gasteiger partial charge in [-0.25, -0.2) is 18.1 Å². The molecule has 2 aliphatic rings. The molecule has 1 N–H and O–H groups in total. The van der Waals surface area contributed by atoms with Crippen LogP contribution >= 0.6 is 0 Å². The number of piperidine rings is 1. The Morgan fingerprint density at radius 1 is 1.06 bits per heavy atom. The molecule has 4 rings (SSSR count). The van der Waals surface area contributed by atoms with Crippen molar-refractivity contribution in [1.29, 1.82) is 0 Å². The monoisotopic (exact) mass is 457 g/mol. The van der Waals surface area contributed by atoms with Crippen LogP contribution in [0.2, 0.25) is 0 Å². The van der Waals surface area contributed by atoms with Crippen LogP contribution in [-0.4, -0.2) is 51.5 Å². The predicted octanol–water partition coefficient (Wildman–Crippen LogP) is 3.96. The van der Waals surface area contributed by atoms with E-state index in [0.717, 1.165) is 44.5 Å². The van der Waals surface area contributed by atoms with E-state index in [0.29, 0.717) is 19.1 Å². The Balaban J connectivity index is 1.40. The SMILES string of the molecule is C[C@@]1(COC2CCC(c3ccccc3)CC2)CN(c2ccccn2)CCC1NS(C)(=O)=O. The average Bonchev–Trinajstić information content (AvgIpc) is 2.80. The van der Waals surface area contributed by atoms with Gasteiger partial charge in [0.15, 0.2) is 0 Å². The Kier molecular flexibility index (Phi) is 7.17. The van der Waals surface area contributed by atoms with Gasteiger partial charge in [-0.3, -0.25) is 0 Å². The number of pyridine rings is 1. The standard InChI is InChI=1S/C25H35N3O3S/c1-25(19-31-22-13-11-21(12-14-22)20-8-4-3-5-9-20)18-28(24-10-6-7-16-26-24)17-15-23(25)27-32(2,29)30/h3-10,16,21-23,27H,11-15,17-19H2,1-2H3/t21?,22?,23?,25-/m0/s1. The van der Waals surface area contributed by atoms with Crippen molar-refractivity contribution in [3.05, 3.63) is 60.3 Å². The number of benzene rings is 1. The van der Waals surface area contributed by atoms with Gasteiger partial charge in [0.05, 0.1) is 19.0 Å². The largest absolute Gasteiger partial charge is 0.378 e. The van der Waals surface area contributed by atoms with Gasteiger partial charge in [0, 0.05) is 30.7 Å². The lowest BCUT2D eigenvalue weighted by Gasteiger charge is -2.47. The lowest BCUT2D eigenvalue weighted by atomic mass is 9.78. The second-order valence-corrected chi connectivity index (χ2v) is 11.5. The summed E-state index contributed by atoms with van der Waals surface area (Å²) < 4.78 is 33.4. The Morgan fingerprint density at radius 2 is 1.78 bits per heavy atom. The van der Waals surface area contributed by atoms with Crippen LogP contribution in [0.3, 0.4) is 0 Å². The van der Waals surface area contributed by atoms with Crippen LogP contribution in [0.4, 0.5) is 5.82 Å². The maximum absolute atomic E-state index is 12.0. The summed E-state index contributed by atoms with van der Waals surface area (Å²) in [7, 11) is -3.30. The van der Waals surface area contributed by atoms with E-state index in [4.69, 9.17) is 4.74 Å². The number of nitrogens with zero attached hydrogens (tertiary/aromatic N) is 2. The molecule has 6 nitrogen and oxygen atoms in total. The molecule has 2 aromatic rings. The smallest absolute Gasteiger partial charge is 0.208 e. The molecule has 1 aliphatic heterocycles. The Morgan fingerprint density at radius 3 is 2.44 bits per heavy atom. The number of nitrogens with one attached hydrogen (secondary N) is 1. The topological polar surface area (TPSA) is 71.5 Å². The van der Waals surface area contributed by atoms with Crippen LogP contribution in [0, 0.1) is 5.41 Å². The number of rotatable bonds is 7. The summed E-state index contributed by atoms with van der Waals surface area (Å²) in [6.45, 7) is 4.14. The third-order valence-electron chi connectivity index (χ3n) is 7.00. The highest BCUT2D eigenvalue weighted by molar-refractivity contribution is 7.88. The van der Waals surface area contributed by atoms with Gasteiger partial charge in [-0.2, -0.15) is 0 Å². The van der Waals surface area contributed by atoms with Crippen molar-refractivity contribution >= 4 is 15.8 Å². The fraction of sp³-hybridized carbons (Fsp3) is 0.560. The number of hydrogen-bond acceptors (Lipinski definition) is 5. The fourth-order valence-electron chi connectivity index (χ4n) is 5.20. The van der Waals surface area contributed by atoms with Crippen molar-refractivity contribution in [3.63, 3.8) is 0 Å². The average molecular weight is 458 g/mol. The Labute approximate surface area is 192 Å². The maximum Gasteiger partial charge on any atom is 0.208 e. The second kappa shape index (κ2) is 9.89. The number of sulfonamides is 1. The van der Waals surface area contributed by atoms with Gasteiger partial charge in [-0.1, -0.05) is 43.3 Å². The lowest BCUT2D eigenvalue weighted by Crippen LogP contribution is -2.59. The molecule has 0 amide bonds. The van der Waals surface area contributed by atoms with Crippen molar-refractivity contribution < 1.29 is 13.2 Å². The van der Waals surface area contributed by atoms with Crippen LogP contribution in [0.5, 0.6) is 0 Å². The van der Waals surface area contributed by atoms with E-state index in [9.17, 15) is 8.42 Å². The van der Waals surface area contributed by atoms with Gasteiger partial charge in [-0.15, -0.1) is 0 Å². The third-order valence-corrected chi connectivity index (χ3v) is 7.72. The van der Waals surface area contributed by atoms with Crippen LogP contribution in [-0.2, 0) is 14.8 Å². The summed E-state index contributed by atoms with van der Waals surface area (Å²) in [6, 6.07) is 16.5. The molecule has 7 heteroatoms. The van der Waals surface area contributed by atoms with Gasteiger partial charge >= 0.3 is 0 Å². The minimum Gasteiger partial charge on any atom is -0.378 e. The summed E-state index contributed by atoms with van der Waals surface area (Å²) in [4.78, 5) is 6.75. The van der Waals surface area contributed by atoms with E-state index in [2.05, 4.69) is 51.9 Å². The number of aromatic nitrogens is 1. The zero-order valence-corrected chi connectivity index (χ0v) is 19.9. The van der Waals surface area contributed by atoms with Crippen molar-refractivity contribution in [2.75, 3.05) is 30.9 Å². The molecular weight excluding hydrogens is 422 g/mol. The predicted molar refractivity (Wildman–Crippen MR) is 128 cm³/mol. The zero-order valence-electron chi connectivity index (χ0n) is 19.1. The summed E-state index contributed by atoms with van der Waals surface area (Å²) >= 11 is 0. The van der Waals surface area contributed by atoms with E-state index < -0.39 is 10.0 Å². The molecule has 1 unspecified atom stereocenters. The summed E-state index contributed by atoms with van der Waals surface area (Å²) in [6.07, 6.45) is 8.36. The maximum atomic E-state index is 12.0. The lowest BCUT2D eigenvalue weighted by molar-refractivity contribution is -0.0344. The summed E-state index contributed by atoms with van der Waals surface area (Å²) in [5.41, 5.74) is 1.09. The molecular formula is C25H35N3O3S. The first-order chi connectivity index (χ1) is 15.3. The first-order valence-electron chi connectivity index (χ1n) is 11.6. The van der Waals surface area contributed by atoms with Crippen molar-refractivity contribution in [3.8, 4) is 0 Å². The van der Waals surface area contributed by atoms with E-state index in [1.165, 1.54) is 11.8 Å². The molecule has 1 saturated carbocycles. The summed E-state index contributed by atoms with van der Waals surface area (Å²) in [5.74, 6) is 1.54. The molecule has 0 radical (unpaired) electrons. The molecule has 2 atom stereocenters. The van der Waals surface area contributed by atoms with Crippen LogP contribution in [0.25, 0.3) is 0 Å². The molecule has 1 aromatic carbocycles. The van der Waals surface area contributed by atoms with Gasteiger partial charge in [-0.05, 0) is 55.7 Å². The fourth-order valence-corrected chi connectivity index (χ4v) is 6.12. The van der Waals surface area contributed by atoms with Crippen molar-refractivity contribution in [1.82, 2.24) is 9.71 Å². The second-order valence-electron chi connectivity index (χ2n) is 9.69. The molecule has 0 bridgehead atoms. The van der Waals surface area contributed by atoms with Crippen LogP contribution < -0.4 is 9.62 Å². The number of ether oxygens (including phenoxy) is 1. The van der Waals surface area contributed by atoms with Crippen molar-refractivity contribution in [2.24, 2.45) is 5.41 Å². The first-order valence-corrected chi connectivity index (χ1v) is 13.5. The molecule has 32 heavy (non-hydrogen) atoms. The molecule has 2 heterocycles. The minimum atomic E-state index is -3.30. The van der Waals surface area contributed by atoms with Crippen LogP contribution in [0.1, 0.15) is 50.5 Å². The third kappa shape index (κ3) is 5.88. The number of hydrogen-bond donors (Lipinski definition) is 1. The molecule has 2 fully saturated rings. The highest BCUT2D eigenvalue weighted by Crippen LogP contribution is 2.37. The van der Waals surface area contributed by atoms with Crippen LogP contribution in [0.15, 0.2) is 54.7 Å². The van der Waals surface area contributed by atoms with E-state index in [1.807, 2.05) is 18.2 Å². The van der Waals surface area contributed by atoms with Gasteiger partial charge in [0.2, 0.25) is 10.0 Å². The zero-order chi connectivity index (χ0) is 22.6. The van der Waals surface area contributed by atoms with E-state index in [1.54, 1.807) is 6.20 Å². The summed E-state index contributed by atoms with van der Waals surface area (Å²) in [5, 5.41) is 0. The van der Waals surface area contributed by atoms with E-state index >= 15 is 0 Å². The Bertz CT molecular complexity index is 962. The molecule has 0 spiro atoms. The molecule has 1 aromatic heterocycles. The van der Waals surface area contributed by atoms with Crippen molar-refractivity contribution in [2.45, 2.75) is 57.1 Å².